The van der Waals surface area contributed by atoms with Crippen LogP contribution in [0.25, 0.3) is 17.2 Å². The second-order valence-electron chi connectivity index (χ2n) is 9.62. The van der Waals surface area contributed by atoms with E-state index >= 15 is 0 Å². The number of hydrogen-bond acceptors (Lipinski definition) is 3. The first-order valence-electron chi connectivity index (χ1n) is 11.9. The van der Waals surface area contributed by atoms with E-state index in [0.717, 1.165) is 30.9 Å². The summed E-state index contributed by atoms with van der Waals surface area (Å²) in [5, 5.41) is 0. The Kier molecular flexibility index (Phi) is 6.26. The van der Waals surface area contributed by atoms with Crippen LogP contribution in [0.3, 0.4) is 0 Å². The molecule has 3 heteroatoms. The summed E-state index contributed by atoms with van der Waals surface area (Å²) in [4.78, 5) is 12.2. The summed E-state index contributed by atoms with van der Waals surface area (Å²) >= 11 is 0. The van der Waals surface area contributed by atoms with E-state index in [0.29, 0.717) is 5.41 Å². The first-order valence-corrected chi connectivity index (χ1v) is 11.9. The van der Waals surface area contributed by atoms with Gasteiger partial charge in [0.2, 0.25) is 0 Å². The normalized spacial score (nSPS) is 16.9. The first kappa shape index (κ1) is 21.1. The summed E-state index contributed by atoms with van der Waals surface area (Å²) in [6, 6.07) is 4.61. The van der Waals surface area contributed by atoms with Gasteiger partial charge in [0, 0.05) is 42.3 Å². The molecule has 0 radical (unpaired) electrons. The number of anilines is 1. The molecule has 0 amide bonds. The Balaban J connectivity index is 1.71. The topological polar surface area (TPSA) is 29.0 Å². The van der Waals surface area contributed by atoms with Crippen LogP contribution in [0.4, 0.5) is 5.69 Å². The largest absolute Gasteiger partial charge is 0.370 e. The molecule has 2 aromatic rings. The number of allylic oxidation sites excluding steroid dienone is 1. The molecule has 0 aliphatic heterocycles. The summed E-state index contributed by atoms with van der Waals surface area (Å²) in [6.45, 7) is 10.9. The Morgan fingerprint density at radius 2 is 1.80 bits per heavy atom. The lowest BCUT2D eigenvalue weighted by atomic mass is 9.54. The Bertz CT molecular complexity index is 914. The van der Waals surface area contributed by atoms with Gasteiger partial charge in [-0.05, 0) is 81.6 Å². The first-order chi connectivity index (χ1) is 14.5. The van der Waals surface area contributed by atoms with E-state index in [1.54, 1.807) is 5.57 Å². The molecule has 2 fully saturated rings. The second-order valence-corrected chi connectivity index (χ2v) is 9.62. The quantitative estimate of drug-likeness (QED) is 0.469. The molecule has 30 heavy (non-hydrogen) atoms. The summed E-state index contributed by atoms with van der Waals surface area (Å²) in [5.41, 5.74) is 9.37. The van der Waals surface area contributed by atoms with Crippen LogP contribution in [-0.2, 0) is 0 Å². The molecular formula is C27H37N3. The number of aromatic nitrogens is 2. The van der Waals surface area contributed by atoms with Gasteiger partial charge in [0.15, 0.2) is 0 Å². The van der Waals surface area contributed by atoms with Crippen LogP contribution in [0, 0.1) is 19.3 Å². The van der Waals surface area contributed by atoms with Crippen LogP contribution >= 0.6 is 0 Å². The van der Waals surface area contributed by atoms with Gasteiger partial charge in [-0.1, -0.05) is 32.3 Å². The van der Waals surface area contributed by atoms with Crippen LogP contribution < -0.4 is 4.90 Å². The number of aryl methyl sites for hydroxylation is 2. The zero-order valence-corrected chi connectivity index (χ0v) is 19.3. The summed E-state index contributed by atoms with van der Waals surface area (Å²) in [7, 11) is 0. The third kappa shape index (κ3) is 4.31. The van der Waals surface area contributed by atoms with Crippen molar-refractivity contribution in [2.24, 2.45) is 5.41 Å². The molecule has 0 unspecified atom stereocenters. The van der Waals surface area contributed by atoms with E-state index in [2.05, 4.69) is 62.0 Å². The van der Waals surface area contributed by atoms with E-state index in [1.165, 1.54) is 67.3 Å². The predicted octanol–water partition coefficient (Wildman–Crippen LogP) is 7.12. The minimum Gasteiger partial charge on any atom is -0.370 e. The van der Waals surface area contributed by atoms with Gasteiger partial charge in [0.1, 0.15) is 0 Å². The minimum atomic E-state index is 0.668. The van der Waals surface area contributed by atoms with Gasteiger partial charge in [-0.15, -0.1) is 0 Å². The average molecular weight is 404 g/mol. The minimum absolute atomic E-state index is 0.668. The molecule has 2 aromatic heterocycles. The molecule has 2 heterocycles. The number of pyridine rings is 2. The lowest BCUT2D eigenvalue weighted by Gasteiger charge is -2.51. The van der Waals surface area contributed by atoms with Crippen molar-refractivity contribution in [3.05, 3.63) is 47.1 Å². The van der Waals surface area contributed by atoms with E-state index in [4.69, 9.17) is 4.98 Å². The van der Waals surface area contributed by atoms with Crippen LogP contribution in [0.5, 0.6) is 0 Å². The smallest absolute Gasteiger partial charge is 0.0863 e. The predicted molar refractivity (Wildman–Crippen MR) is 128 cm³/mol. The van der Waals surface area contributed by atoms with Gasteiger partial charge in [-0.25, -0.2) is 0 Å². The highest BCUT2D eigenvalue weighted by Gasteiger charge is 2.44. The Labute approximate surface area is 182 Å². The van der Waals surface area contributed by atoms with Crippen LogP contribution in [0.1, 0.15) is 82.2 Å². The molecule has 160 valence electrons. The van der Waals surface area contributed by atoms with Crippen molar-refractivity contribution in [3.63, 3.8) is 0 Å². The monoisotopic (exact) mass is 403 g/mol. The lowest BCUT2D eigenvalue weighted by Crippen LogP contribution is -2.37. The van der Waals surface area contributed by atoms with Crippen molar-refractivity contribution < 1.29 is 0 Å². The molecule has 1 spiro atoms. The van der Waals surface area contributed by atoms with E-state index in [1.807, 2.05) is 6.20 Å². The maximum Gasteiger partial charge on any atom is 0.0863 e. The molecule has 2 aliphatic rings. The lowest BCUT2D eigenvalue weighted by molar-refractivity contribution is 0.0818. The van der Waals surface area contributed by atoms with Gasteiger partial charge < -0.3 is 4.90 Å². The number of unbranched alkanes of at least 4 members (excludes halogenated alkanes) is 1. The molecular weight excluding hydrogens is 366 g/mol. The molecule has 0 aromatic carbocycles. The highest BCUT2D eigenvalue weighted by atomic mass is 15.1. The fourth-order valence-electron chi connectivity index (χ4n) is 5.11. The Hall–Kier alpha value is -2.16. The van der Waals surface area contributed by atoms with Crippen molar-refractivity contribution in [2.75, 3.05) is 18.0 Å². The molecule has 2 saturated carbocycles. The van der Waals surface area contributed by atoms with Gasteiger partial charge >= 0.3 is 0 Å². The van der Waals surface area contributed by atoms with Crippen molar-refractivity contribution in [3.8, 4) is 11.1 Å². The summed E-state index contributed by atoms with van der Waals surface area (Å²) in [5.74, 6) is 0. The molecule has 0 bridgehead atoms. The summed E-state index contributed by atoms with van der Waals surface area (Å²) in [6.07, 6.45) is 16.9. The summed E-state index contributed by atoms with van der Waals surface area (Å²) < 4.78 is 0. The van der Waals surface area contributed by atoms with E-state index in [-0.39, 0.29) is 0 Å². The zero-order valence-electron chi connectivity index (χ0n) is 19.3. The maximum atomic E-state index is 5.00. The van der Waals surface area contributed by atoms with Crippen molar-refractivity contribution >= 4 is 11.8 Å². The molecule has 2 aliphatic carbocycles. The van der Waals surface area contributed by atoms with Gasteiger partial charge in [0.25, 0.3) is 0 Å². The SMILES string of the molecule is CCCCN(CCC)c1cc(-c2cc(C)cnc2C)cnc1C=C1CC2(CCC2)C1. The third-order valence-electron chi connectivity index (χ3n) is 7.01. The standard InChI is InChI=1S/C27H37N3/c1-5-7-12-30(11-6-2)26-15-23(24-13-20(3)18-28-21(24)4)19-29-25(26)14-22-16-27(17-22)9-8-10-27/h13-15,18-19H,5-12,16-17H2,1-4H3. The molecule has 4 rings (SSSR count). The van der Waals surface area contributed by atoms with Crippen LogP contribution in [0.2, 0.25) is 0 Å². The zero-order chi connectivity index (χ0) is 21.1. The maximum absolute atomic E-state index is 5.00. The Morgan fingerprint density at radius 3 is 2.47 bits per heavy atom. The van der Waals surface area contributed by atoms with Crippen molar-refractivity contribution in [1.29, 1.82) is 0 Å². The second kappa shape index (κ2) is 8.91. The van der Waals surface area contributed by atoms with Crippen LogP contribution in [-0.4, -0.2) is 23.1 Å². The molecule has 0 atom stereocenters. The molecule has 0 N–H and O–H groups in total. The van der Waals surface area contributed by atoms with Crippen molar-refractivity contribution in [2.45, 2.75) is 79.1 Å². The highest BCUT2D eigenvalue weighted by Crippen LogP contribution is 2.58. The Morgan fingerprint density at radius 1 is 1.00 bits per heavy atom. The fourth-order valence-corrected chi connectivity index (χ4v) is 5.11. The molecule has 3 nitrogen and oxygen atoms in total. The van der Waals surface area contributed by atoms with E-state index < -0.39 is 0 Å². The van der Waals surface area contributed by atoms with Gasteiger partial charge in [0.05, 0.1) is 11.4 Å². The van der Waals surface area contributed by atoms with E-state index in [9.17, 15) is 0 Å². The van der Waals surface area contributed by atoms with Crippen molar-refractivity contribution in [1.82, 2.24) is 9.97 Å². The molecule has 0 saturated heterocycles. The number of hydrogen-bond donors (Lipinski definition) is 0. The fraction of sp³-hybridized carbons (Fsp3) is 0.556. The van der Waals surface area contributed by atoms with Crippen LogP contribution in [0.15, 0.2) is 30.1 Å². The van der Waals surface area contributed by atoms with Gasteiger partial charge in [-0.3, -0.25) is 9.97 Å². The third-order valence-corrected chi connectivity index (χ3v) is 7.01. The number of rotatable bonds is 8. The van der Waals surface area contributed by atoms with Gasteiger partial charge in [-0.2, -0.15) is 0 Å². The average Bonchev–Trinajstić information content (AvgIpc) is 2.68. The number of nitrogens with zero attached hydrogens (tertiary/aromatic N) is 3. The highest BCUT2D eigenvalue weighted by molar-refractivity contribution is 5.75.